The van der Waals surface area contributed by atoms with E-state index < -0.39 is 25.4 Å². The van der Waals surface area contributed by atoms with E-state index in [1.54, 1.807) is 18.2 Å². The van der Waals surface area contributed by atoms with Crippen LogP contribution in [-0.2, 0) is 0 Å². The van der Waals surface area contributed by atoms with Crippen LogP contribution in [0.25, 0.3) is 0 Å². The Hall–Kier alpha value is -0.260. The molecule has 0 nitrogen and oxygen atoms in total. The second-order valence-electron chi connectivity index (χ2n) is 1.82. The monoisotopic (exact) mass is 273 g/mol. The van der Waals surface area contributed by atoms with E-state index in [4.69, 9.17) is 0 Å². The number of alkyl halides is 4. The summed E-state index contributed by atoms with van der Waals surface area (Å²) < 4.78 is 31.8. The molecule has 1 aromatic rings. The van der Waals surface area contributed by atoms with Gasteiger partial charge in [0.05, 0.1) is 0 Å². The molecule has 0 saturated heterocycles. The summed E-state index contributed by atoms with van der Waals surface area (Å²) in [5, 5.41) is 0. The summed E-state index contributed by atoms with van der Waals surface area (Å²) in [6, 6.07) is 7.99. The fourth-order valence-electron chi connectivity index (χ4n) is 0.601. The molecule has 4 heteroatoms. The van der Waals surface area contributed by atoms with E-state index in [2.05, 4.69) is 0 Å². The second kappa shape index (κ2) is 3.42. The van der Waals surface area contributed by atoms with Crippen molar-refractivity contribution in [3.05, 3.63) is 33.9 Å². The first-order valence-corrected chi connectivity index (χ1v) is 5.01. The molecular formula is C7H5F3I-. The summed E-state index contributed by atoms with van der Waals surface area (Å²) in [6.45, 7) is 0. The number of hydrogen-bond acceptors (Lipinski definition) is 0. The minimum atomic E-state index is -3.99. The van der Waals surface area contributed by atoms with Gasteiger partial charge in [-0.25, -0.2) is 0 Å². The molecule has 0 aliphatic rings. The first kappa shape index (κ1) is 8.83. The van der Waals surface area contributed by atoms with Gasteiger partial charge in [0.1, 0.15) is 0 Å². The predicted molar refractivity (Wildman–Crippen MR) is 31.2 cm³/mol. The maximum absolute atomic E-state index is 11.8. The Labute approximate surface area is 72.7 Å². The van der Waals surface area contributed by atoms with Crippen molar-refractivity contribution in [2.45, 2.75) is 4.18 Å². The second-order valence-corrected chi connectivity index (χ2v) is 4.83. The normalized spacial score (nSPS) is 11.9. The Kier molecular flexibility index (Phi) is 2.75. The molecule has 0 aliphatic carbocycles. The zero-order valence-electron chi connectivity index (χ0n) is 5.40. The molecule has 11 heavy (non-hydrogen) atoms. The Balaban J connectivity index is 2.66. The molecule has 0 radical (unpaired) electrons. The third-order valence-corrected chi connectivity index (χ3v) is 2.90. The molecule has 0 atom stereocenters. The number of rotatable bonds is 1. The minimum absolute atomic E-state index is 0.416. The van der Waals surface area contributed by atoms with Crippen LogP contribution in [0, 0.1) is 3.57 Å². The molecule has 1 rings (SSSR count). The van der Waals surface area contributed by atoms with Crippen LogP contribution in [0.2, 0.25) is 0 Å². The van der Waals surface area contributed by atoms with Crippen molar-refractivity contribution in [1.29, 1.82) is 0 Å². The van der Waals surface area contributed by atoms with Gasteiger partial charge in [0.2, 0.25) is 0 Å². The molecule has 0 aromatic heterocycles. The molecule has 1 aromatic carbocycles. The number of hydrogen-bond donors (Lipinski definition) is 0. The zero-order chi connectivity index (χ0) is 8.32. The van der Waals surface area contributed by atoms with Gasteiger partial charge in [-0.05, 0) is 0 Å². The van der Waals surface area contributed by atoms with E-state index in [1.165, 1.54) is 12.1 Å². The van der Waals surface area contributed by atoms with Crippen LogP contribution in [0.4, 0.5) is 13.2 Å². The van der Waals surface area contributed by atoms with Gasteiger partial charge in [-0.2, -0.15) is 0 Å². The van der Waals surface area contributed by atoms with Crippen LogP contribution < -0.4 is 21.2 Å². The topological polar surface area (TPSA) is 0 Å². The van der Waals surface area contributed by atoms with Crippen LogP contribution >= 0.6 is 0 Å². The summed E-state index contributed by atoms with van der Waals surface area (Å²) in [5.41, 5.74) is 0. The quantitative estimate of drug-likeness (QED) is 0.476. The fourth-order valence-corrected chi connectivity index (χ4v) is 2.08. The van der Waals surface area contributed by atoms with Crippen LogP contribution in [-0.4, -0.2) is 4.18 Å². The molecule has 0 heterocycles. The molecule has 0 spiro atoms. The molecule has 62 valence electrons. The van der Waals surface area contributed by atoms with Crippen molar-refractivity contribution in [3.8, 4) is 0 Å². The van der Waals surface area contributed by atoms with Gasteiger partial charge in [-0.1, -0.05) is 0 Å². The third-order valence-electron chi connectivity index (χ3n) is 0.949. The van der Waals surface area contributed by atoms with Crippen LogP contribution in [0.1, 0.15) is 0 Å². The first-order chi connectivity index (χ1) is 5.08. The van der Waals surface area contributed by atoms with Crippen molar-refractivity contribution < 1.29 is 34.4 Å². The van der Waals surface area contributed by atoms with E-state index in [1.807, 2.05) is 0 Å². The number of benzene rings is 1. The first-order valence-electron chi connectivity index (χ1n) is 2.86. The maximum atomic E-state index is 11.8. The van der Waals surface area contributed by atoms with Crippen molar-refractivity contribution >= 4 is 0 Å². The molecule has 0 amide bonds. The van der Waals surface area contributed by atoms with Gasteiger partial charge in [0.25, 0.3) is 0 Å². The summed E-state index contributed by atoms with van der Waals surface area (Å²) in [5.74, 6) is 0. The molecule has 0 N–H and O–H groups in total. The molecule has 0 unspecified atom stereocenters. The Bertz CT molecular complexity index is 217. The number of halogens is 4. The third kappa shape index (κ3) is 3.60. The van der Waals surface area contributed by atoms with E-state index in [-0.39, 0.29) is 0 Å². The van der Waals surface area contributed by atoms with Gasteiger partial charge in [0.15, 0.2) is 0 Å². The summed E-state index contributed by atoms with van der Waals surface area (Å²) in [6.07, 6.45) is 0. The van der Waals surface area contributed by atoms with Crippen molar-refractivity contribution in [3.63, 3.8) is 0 Å². The Morgan fingerprint density at radius 3 is 2.00 bits per heavy atom. The SMILES string of the molecule is FC(F)(F)[I-]c1ccccc1. The Morgan fingerprint density at radius 1 is 1.00 bits per heavy atom. The van der Waals surface area contributed by atoms with Gasteiger partial charge in [0, 0.05) is 0 Å². The predicted octanol–water partition coefficient (Wildman–Crippen LogP) is -0.535. The van der Waals surface area contributed by atoms with E-state index in [0.29, 0.717) is 3.57 Å². The van der Waals surface area contributed by atoms with Crippen molar-refractivity contribution in [2.75, 3.05) is 0 Å². The van der Waals surface area contributed by atoms with E-state index in [0.717, 1.165) is 0 Å². The van der Waals surface area contributed by atoms with Crippen LogP contribution in [0.3, 0.4) is 0 Å². The van der Waals surface area contributed by atoms with Gasteiger partial charge in [-0.15, -0.1) is 0 Å². The summed E-state index contributed by atoms with van der Waals surface area (Å²) in [4.78, 5) is 0. The average Bonchev–Trinajstić information content (AvgIpc) is 1.85. The zero-order valence-corrected chi connectivity index (χ0v) is 7.56. The molecule has 0 aliphatic heterocycles. The van der Waals surface area contributed by atoms with Crippen molar-refractivity contribution in [1.82, 2.24) is 0 Å². The van der Waals surface area contributed by atoms with Gasteiger partial charge in [-0.3, -0.25) is 0 Å². The molecule has 0 saturated carbocycles. The average molecular weight is 273 g/mol. The molecule has 0 bridgehead atoms. The van der Waals surface area contributed by atoms with Gasteiger partial charge >= 0.3 is 72.5 Å². The van der Waals surface area contributed by atoms with Crippen LogP contribution in [0.15, 0.2) is 30.3 Å². The van der Waals surface area contributed by atoms with Crippen molar-refractivity contribution in [2.24, 2.45) is 0 Å². The molecular weight excluding hydrogens is 268 g/mol. The fraction of sp³-hybridized carbons (Fsp3) is 0.143. The van der Waals surface area contributed by atoms with Gasteiger partial charge < -0.3 is 0 Å². The Morgan fingerprint density at radius 2 is 1.55 bits per heavy atom. The van der Waals surface area contributed by atoms with E-state index >= 15 is 0 Å². The standard InChI is InChI=1S/C7H5F3I/c8-7(9,10)11-6-4-2-1-3-5-6/h1-5H/q-1. The van der Waals surface area contributed by atoms with Crippen LogP contribution in [0.5, 0.6) is 0 Å². The summed E-state index contributed by atoms with van der Waals surface area (Å²) >= 11 is -1.82. The molecule has 0 fully saturated rings. The van der Waals surface area contributed by atoms with E-state index in [9.17, 15) is 13.2 Å². The summed E-state index contributed by atoms with van der Waals surface area (Å²) in [7, 11) is 0.